The smallest absolute Gasteiger partial charge is 0.00606 e. The van der Waals surface area contributed by atoms with E-state index in [1.54, 1.807) is 11.1 Å². The van der Waals surface area contributed by atoms with Gasteiger partial charge in [-0.15, -0.1) is 0 Å². The fraction of sp³-hybridized carbons (Fsp3) is 0.214. The summed E-state index contributed by atoms with van der Waals surface area (Å²) >= 11 is 0. The summed E-state index contributed by atoms with van der Waals surface area (Å²) in [6, 6.07) is 27.4. The largest absolute Gasteiger partial charge is 0.0998 e. The lowest BCUT2D eigenvalue weighted by atomic mass is 9.88. The van der Waals surface area contributed by atoms with Crippen LogP contribution in [0, 0.1) is 0 Å². The maximum atomic E-state index is 4.30. The lowest BCUT2D eigenvalue weighted by molar-refractivity contribution is 0.884. The topological polar surface area (TPSA) is 0 Å². The van der Waals surface area contributed by atoms with Crippen molar-refractivity contribution in [1.82, 2.24) is 0 Å². The molecule has 0 radical (unpaired) electrons. The summed E-state index contributed by atoms with van der Waals surface area (Å²) in [5.74, 6) is 0. The van der Waals surface area contributed by atoms with Crippen LogP contribution in [0.15, 0.2) is 84.9 Å². The molecule has 1 aliphatic heterocycles. The molecule has 1 heteroatoms. The summed E-state index contributed by atoms with van der Waals surface area (Å²) in [6.45, 7) is 4.30. The molecule has 0 spiro atoms. The first kappa shape index (κ1) is 17.4. The monoisotopic (exact) mass is 392 g/mol. The van der Waals surface area contributed by atoms with Crippen LogP contribution in [-0.2, 0) is 12.3 Å². The first-order valence-electron chi connectivity index (χ1n) is 10.7. The fourth-order valence-electron chi connectivity index (χ4n) is 5.46. The molecule has 0 nitrogen and oxygen atoms in total. The van der Waals surface area contributed by atoms with E-state index in [0.29, 0.717) is 0 Å². The van der Waals surface area contributed by atoms with Gasteiger partial charge in [0.05, 0.1) is 0 Å². The Hall–Kier alpha value is -2.43. The average molecular weight is 392 g/mol. The summed E-state index contributed by atoms with van der Waals surface area (Å²) in [6.07, 6.45) is 6.32. The number of hydrogen-bond donors (Lipinski definition) is 0. The number of fused-ring (bicyclic) bond motifs is 7. The van der Waals surface area contributed by atoms with Gasteiger partial charge in [-0.3, -0.25) is 0 Å². The predicted octanol–water partition coefficient (Wildman–Crippen LogP) is 8.26. The van der Waals surface area contributed by atoms with Crippen LogP contribution in [0.25, 0.3) is 32.7 Å². The molecule has 1 heterocycles. The second-order valence-corrected chi connectivity index (χ2v) is 11.2. The Morgan fingerprint density at radius 2 is 1.24 bits per heavy atom. The molecule has 6 rings (SSSR count). The van der Waals surface area contributed by atoms with Crippen LogP contribution in [0.3, 0.4) is 0 Å². The summed E-state index contributed by atoms with van der Waals surface area (Å²) < 4.78 is 0. The molecule has 0 saturated heterocycles. The van der Waals surface area contributed by atoms with Crippen LogP contribution in [-0.4, -0.2) is 5.66 Å². The predicted molar refractivity (Wildman–Crippen MR) is 128 cm³/mol. The van der Waals surface area contributed by atoms with Crippen molar-refractivity contribution in [2.75, 3.05) is 0 Å². The van der Waals surface area contributed by atoms with Gasteiger partial charge >= 0.3 is 0 Å². The van der Waals surface area contributed by atoms with Gasteiger partial charge in [0.25, 0.3) is 0 Å². The van der Waals surface area contributed by atoms with Crippen LogP contribution in [0.2, 0.25) is 0 Å². The van der Waals surface area contributed by atoms with E-state index in [4.69, 9.17) is 0 Å². The van der Waals surface area contributed by atoms with E-state index in [1.165, 1.54) is 69.8 Å². The summed E-state index contributed by atoms with van der Waals surface area (Å²) in [5, 5.41) is 5.53. The minimum atomic E-state index is -0.0709. The lowest BCUT2D eigenvalue weighted by Crippen LogP contribution is -2.02. The second-order valence-electron chi connectivity index (χ2n) is 8.69. The third-order valence-corrected chi connectivity index (χ3v) is 9.87. The highest BCUT2D eigenvalue weighted by Gasteiger charge is 2.31. The third-order valence-electron chi connectivity index (χ3n) is 6.90. The highest BCUT2D eigenvalue weighted by Crippen LogP contribution is 2.59. The van der Waals surface area contributed by atoms with Crippen molar-refractivity contribution in [2.45, 2.75) is 37.2 Å². The van der Waals surface area contributed by atoms with Gasteiger partial charge in [-0.2, -0.15) is 0 Å². The van der Waals surface area contributed by atoms with Crippen molar-refractivity contribution in [3.8, 4) is 11.1 Å². The lowest BCUT2D eigenvalue weighted by Gasteiger charge is -2.23. The van der Waals surface area contributed by atoms with E-state index >= 15 is 0 Å². The van der Waals surface area contributed by atoms with E-state index in [-0.39, 0.29) is 7.92 Å². The molecule has 1 atom stereocenters. The van der Waals surface area contributed by atoms with Crippen molar-refractivity contribution in [3.05, 3.63) is 96.1 Å². The van der Waals surface area contributed by atoms with Gasteiger partial charge in [-0.05, 0) is 81.0 Å². The molecule has 0 N–H and O–H groups in total. The van der Waals surface area contributed by atoms with Gasteiger partial charge in [0.2, 0.25) is 0 Å². The highest BCUT2D eigenvalue weighted by atomic mass is 31.1. The normalized spacial score (nSPS) is 19.3. The van der Waals surface area contributed by atoms with Crippen molar-refractivity contribution in [2.24, 2.45) is 0 Å². The zero-order chi connectivity index (χ0) is 19.4. The van der Waals surface area contributed by atoms with Gasteiger partial charge < -0.3 is 0 Å². The summed E-state index contributed by atoms with van der Waals surface area (Å²) in [4.78, 5) is 0. The standard InChI is InChI=1S/C28H25P/c1-19-10-15-24(16-19)29-17-22-13-11-20-6-2-4-8-25(20)27(22)28-23(18-29)14-12-21-7-3-5-9-26(21)28/h2-9,11-14,24H,1,10,15-18H2. The summed E-state index contributed by atoms with van der Waals surface area (Å²) in [5.41, 5.74) is 8.42. The Kier molecular flexibility index (Phi) is 4.10. The second kappa shape index (κ2) is 6.82. The van der Waals surface area contributed by atoms with Gasteiger partial charge in [0.15, 0.2) is 0 Å². The van der Waals surface area contributed by atoms with Gasteiger partial charge in [0, 0.05) is 0 Å². The molecule has 2 aliphatic rings. The maximum Gasteiger partial charge on any atom is -0.00606 e. The highest BCUT2D eigenvalue weighted by molar-refractivity contribution is 7.56. The third kappa shape index (κ3) is 2.85. The Morgan fingerprint density at radius 1 is 0.690 bits per heavy atom. The Morgan fingerprint density at radius 3 is 1.76 bits per heavy atom. The number of allylic oxidation sites excluding steroid dienone is 1. The van der Waals surface area contributed by atoms with Crippen molar-refractivity contribution in [1.29, 1.82) is 0 Å². The van der Waals surface area contributed by atoms with Crippen molar-refractivity contribution < 1.29 is 0 Å². The molecule has 0 amide bonds. The van der Waals surface area contributed by atoms with Crippen LogP contribution >= 0.6 is 7.92 Å². The molecule has 0 aromatic heterocycles. The van der Waals surface area contributed by atoms with E-state index in [0.717, 1.165) is 5.66 Å². The van der Waals surface area contributed by atoms with E-state index in [2.05, 4.69) is 79.4 Å². The van der Waals surface area contributed by atoms with Crippen LogP contribution in [0.1, 0.15) is 30.4 Å². The number of hydrogen-bond acceptors (Lipinski definition) is 0. The van der Waals surface area contributed by atoms with E-state index in [9.17, 15) is 0 Å². The Bertz CT molecular complexity index is 1180. The van der Waals surface area contributed by atoms with Crippen molar-refractivity contribution >= 4 is 29.5 Å². The summed E-state index contributed by atoms with van der Waals surface area (Å²) in [7, 11) is -0.0709. The molecule has 1 saturated carbocycles. The van der Waals surface area contributed by atoms with E-state index in [1.807, 2.05) is 0 Å². The number of rotatable bonds is 1. The minimum Gasteiger partial charge on any atom is -0.0998 e. The zero-order valence-electron chi connectivity index (χ0n) is 16.7. The van der Waals surface area contributed by atoms with Gasteiger partial charge in [-0.1, -0.05) is 92.9 Å². The molecule has 142 valence electrons. The first-order valence-corrected chi connectivity index (χ1v) is 12.5. The first-order chi connectivity index (χ1) is 14.3. The fourth-order valence-corrected chi connectivity index (χ4v) is 8.50. The molecular formula is C28H25P. The van der Waals surface area contributed by atoms with Crippen LogP contribution in [0.4, 0.5) is 0 Å². The van der Waals surface area contributed by atoms with Gasteiger partial charge in [-0.25, -0.2) is 0 Å². The Labute approximate surface area is 174 Å². The SMILES string of the molecule is C=C1CCC(P2Cc3ccc4ccccc4c3-c3c(ccc4ccccc34)C2)C1. The average Bonchev–Trinajstić information content (AvgIpc) is 3.11. The minimum absolute atomic E-state index is 0.0709. The Balaban J connectivity index is 1.66. The van der Waals surface area contributed by atoms with Crippen LogP contribution < -0.4 is 0 Å². The molecule has 1 aliphatic carbocycles. The molecule has 0 bridgehead atoms. The number of benzene rings is 4. The zero-order valence-corrected chi connectivity index (χ0v) is 17.6. The molecule has 4 aromatic carbocycles. The van der Waals surface area contributed by atoms with Crippen molar-refractivity contribution in [3.63, 3.8) is 0 Å². The molecule has 29 heavy (non-hydrogen) atoms. The molecule has 1 unspecified atom stereocenters. The van der Waals surface area contributed by atoms with E-state index < -0.39 is 0 Å². The van der Waals surface area contributed by atoms with Crippen LogP contribution in [0.5, 0.6) is 0 Å². The quantitative estimate of drug-likeness (QED) is 0.226. The molecule has 1 fully saturated rings. The maximum absolute atomic E-state index is 4.30. The molecule has 4 aromatic rings. The molecular weight excluding hydrogens is 367 g/mol. The van der Waals surface area contributed by atoms with Gasteiger partial charge in [0.1, 0.15) is 0 Å².